The second kappa shape index (κ2) is 10.9. The SMILES string of the molecule is CCCCCCOc1nsnc1C1=CCC[N+](C)(Cc2cccnc2)C1.[Br-]. The maximum atomic E-state index is 5.94. The van der Waals surface area contributed by atoms with Crippen LogP contribution in [0.5, 0.6) is 5.88 Å². The van der Waals surface area contributed by atoms with Gasteiger partial charge in [0.15, 0.2) is 0 Å². The Morgan fingerprint density at radius 3 is 2.89 bits per heavy atom. The fourth-order valence-corrected chi connectivity index (χ4v) is 4.04. The molecule has 0 amide bonds. The first-order chi connectivity index (χ1) is 12.7. The number of rotatable bonds is 9. The van der Waals surface area contributed by atoms with Gasteiger partial charge in [-0.3, -0.25) is 4.98 Å². The predicted molar refractivity (Wildman–Crippen MR) is 106 cm³/mol. The first kappa shape index (κ1) is 22.0. The van der Waals surface area contributed by atoms with Gasteiger partial charge in [-0.1, -0.05) is 38.3 Å². The molecule has 148 valence electrons. The molecule has 0 fully saturated rings. The molecule has 1 atom stereocenters. The summed E-state index contributed by atoms with van der Waals surface area (Å²) in [5, 5.41) is 0. The molecule has 1 aliphatic heterocycles. The van der Waals surface area contributed by atoms with E-state index in [0.717, 1.165) is 49.3 Å². The lowest BCUT2D eigenvalue weighted by molar-refractivity contribution is -0.916. The summed E-state index contributed by atoms with van der Waals surface area (Å²) >= 11 is 1.25. The zero-order valence-electron chi connectivity index (χ0n) is 16.2. The number of hydrogen-bond donors (Lipinski definition) is 0. The van der Waals surface area contributed by atoms with Crippen molar-refractivity contribution in [1.29, 1.82) is 0 Å². The molecule has 0 N–H and O–H groups in total. The van der Waals surface area contributed by atoms with Gasteiger partial charge in [0.05, 0.1) is 31.9 Å². The summed E-state index contributed by atoms with van der Waals surface area (Å²) in [6, 6.07) is 4.17. The highest BCUT2D eigenvalue weighted by Crippen LogP contribution is 2.31. The third-order valence-electron chi connectivity index (χ3n) is 4.90. The first-order valence-electron chi connectivity index (χ1n) is 9.57. The molecule has 0 saturated heterocycles. The lowest BCUT2D eigenvalue weighted by atomic mass is 10.0. The van der Waals surface area contributed by atoms with Crippen molar-refractivity contribution in [2.45, 2.75) is 45.6 Å². The van der Waals surface area contributed by atoms with Crippen molar-refractivity contribution in [2.24, 2.45) is 0 Å². The molecule has 3 heterocycles. The van der Waals surface area contributed by atoms with Crippen LogP contribution < -0.4 is 21.7 Å². The van der Waals surface area contributed by atoms with E-state index in [1.807, 2.05) is 18.5 Å². The highest BCUT2D eigenvalue weighted by atomic mass is 79.9. The van der Waals surface area contributed by atoms with Gasteiger partial charge in [-0.2, -0.15) is 4.37 Å². The van der Waals surface area contributed by atoms with Crippen LogP contribution in [-0.2, 0) is 6.54 Å². The van der Waals surface area contributed by atoms with Crippen LogP contribution in [0, 0.1) is 0 Å². The summed E-state index contributed by atoms with van der Waals surface area (Å²) in [4.78, 5) is 4.25. The Balaban J connectivity index is 0.00000261. The van der Waals surface area contributed by atoms with Crippen LogP contribution in [0.4, 0.5) is 0 Å². The molecule has 3 rings (SSSR count). The molecule has 2 aromatic rings. The van der Waals surface area contributed by atoms with Crippen molar-refractivity contribution >= 4 is 17.3 Å². The van der Waals surface area contributed by atoms with E-state index in [2.05, 4.69) is 39.8 Å². The van der Waals surface area contributed by atoms with Gasteiger partial charge in [0.1, 0.15) is 18.8 Å². The van der Waals surface area contributed by atoms with Gasteiger partial charge in [0.25, 0.3) is 5.88 Å². The predicted octanol–water partition coefficient (Wildman–Crippen LogP) is 1.33. The number of ether oxygens (including phenoxy) is 1. The maximum absolute atomic E-state index is 5.94. The summed E-state index contributed by atoms with van der Waals surface area (Å²) in [6.45, 7) is 6.01. The van der Waals surface area contributed by atoms with Crippen molar-refractivity contribution in [1.82, 2.24) is 13.7 Å². The minimum atomic E-state index is 0. The zero-order chi connectivity index (χ0) is 18.2. The molecular weight excluding hydrogens is 424 g/mol. The van der Waals surface area contributed by atoms with E-state index in [-0.39, 0.29) is 17.0 Å². The average molecular weight is 453 g/mol. The molecule has 0 radical (unpaired) electrons. The number of hydrogen-bond acceptors (Lipinski definition) is 5. The lowest BCUT2D eigenvalue weighted by Crippen LogP contribution is -3.00. The van der Waals surface area contributed by atoms with E-state index in [1.165, 1.54) is 42.1 Å². The lowest BCUT2D eigenvalue weighted by Gasteiger charge is -2.37. The van der Waals surface area contributed by atoms with E-state index < -0.39 is 0 Å². The van der Waals surface area contributed by atoms with E-state index in [4.69, 9.17) is 4.74 Å². The Hall–Kier alpha value is -1.31. The third kappa shape index (κ3) is 6.36. The Bertz CT molecular complexity index is 722. The molecule has 1 unspecified atom stereocenters. The number of quaternary nitrogens is 1. The minimum Gasteiger partial charge on any atom is -1.00 e. The summed E-state index contributed by atoms with van der Waals surface area (Å²) in [7, 11) is 2.31. The van der Waals surface area contributed by atoms with Gasteiger partial charge >= 0.3 is 0 Å². The number of halogens is 1. The van der Waals surface area contributed by atoms with Gasteiger partial charge in [-0.05, 0) is 12.5 Å². The number of unbranched alkanes of at least 4 members (excludes halogenated alkanes) is 3. The van der Waals surface area contributed by atoms with Crippen molar-refractivity contribution in [3.05, 3.63) is 41.9 Å². The summed E-state index contributed by atoms with van der Waals surface area (Å²) in [5.41, 5.74) is 3.49. The van der Waals surface area contributed by atoms with Crippen LogP contribution in [0.3, 0.4) is 0 Å². The maximum Gasteiger partial charge on any atom is 0.253 e. The fourth-order valence-electron chi connectivity index (χ4n) is 3.51. The van der Waals surface area contributed by atoms with Crippen molar-refractivity contribution in [2.75, 3.05) is 26.7 Å². The smallest absolute Gasteiger partial charge is 0.253 e. The quantitative estimate of drug-likeness (QED) is 0.425. The highest BCUT2D eigenvalue weighted by Gasteiger charge is 2.30. The molecule has 0 saturated carbocycles. The van der Waals surface area contributed by atoms with E-state index in [1.54, 1.807) is 0 Å². The number of pyridine rings is 1. The van der Waals surface area contributed by atoms with Crippen LogP contribution in [0.2, 0.25) is 0 Å². The van der Waals surface area contributed by atoms with Gasteiger partial charge < -0.3 is 26.2 Å². The average Bonchev–Trinajstić information content (AvgIpc) is 3.11. The molecule has 0 aromatic carbocycles. The van der Waals surface area contributed by atoms with Crippen LogP contribution in [0.25, 0.3) is 5.57 Å². The highest BCUT2D eigenvalue weighted by molar-refractivity contribution is 6.99. The summed E-state index contributed by atoms with van der Waals surface area (Å²) in [5.74, 6) is 0.715. The zero-order valence-corrected chi connectivity index (χ0v) is 18.6. The third-order valence-corrected chi connectivity index (χ3v) is 5.41. The normalized spacial score (nSPS) is 19.3. The van der Waals surface area contributed by atoms with Crippen molar-refractivity contribution in [3.8, 4) is 5.88 Å². The second-order valence-corrected chi connectivity index (χ2v) is 7.89. The monoisotopic (exact) mass is 452 g/mol. The Morgan fingerprint density at radius 2 is 2.11 bits per heavy atom. The van der Waals surface area contributed by atoms with E-state index in [9.17, 15) is 0 Å². The molecular formula is C20H29BrN4OS. The Labute approximate surface area is 177 Å². The fraction of sp³-hybridized carbons (Fsp3) is 0.550. The molecule has 0 bridgehead atoms. The topological polar surface area (TPSA) is 47.9 Å². The van der Waals surface area contributed by atoms with Crippen molar-refractivity contribution in [3.63, 3.8) is 0 Å². The van der Waals surface area contributed by atoms with E-state index >= 15 is 0 Å². The van der Waals surface area contributed by atoms with Gasteiger partial charge in [-0.25, -0.2) is 0 Å². The standard InChI is InChI=1S/C20H29N4OS.BrH/c1-3-4-5-6-13-25-20-19(22-26-23-20)18-10-8-12-24(2,16-18)15-17-9-7-11-21-14-17;/h7,9-11,14H,3-6,8,12-13,15-16H2,1-2H3;1H/q+1;/p-1. The molecule has 0 aliphatic carbocycles. The van der Waals surface area contributed by atoms with E-state index in [0.29, 0.717) is 5.88 Å². The molecule has 27 heavy (non-hydrogen) atoms. The molecule has 0 spiro atoms. The largest absolute Gasteiger partial charge is 1.00 e. The van der Waals surface area contributed by atoms with Gasteiger partial charge in [0.2, 0.25) is 0 Å². The number of likely N-dealkylation sites (N-methyl/N-ethyl adjacent to an activating group) is 1. The number of nitrogens with zero attached hydrogens (tertiary/aromatic N) is 4. The molecule has 1 aliphatic rings. The molecule has 7 heteroatoms. The first-order valence-corrected chi connectivity index (χ1v) is 10.3. The van der Waals surface area contributed by atoms with Crippen LogP contribution in [0.1, 0.15) is 50.3 Å². The minimum absolute atomic E-state index is 0. The van der Waals surface area contributed by atoms with Crippen LogP contribution in [-0.4, -0.2) is 45.0 Å². The summed E-state index contributed by atoms with van der Waals surface area (Å²) in [6.07, 6.45) is 12.0. The Morgan fingerprint density at radius 1 is 1.22 bits per heavy atom. The van der Waals surface area contributed by atoms with Crippen LogP contribution in [0.15, 0.2) is 30.6 Å². The van der Waals surface area contributed by atoms with Gasteiger partial charge in [-0.15, -0.1) is 4.37 Å². The molecule has 2 aromatic heterocycles. The van der Waals surface area contributed by atoms with Crippen LogP contribution >= 0.6 is 11.7 Å². The number of aromatic nitrogens is 3. The summed E-state index contributed by atoms with van der Waals surface area (Å²) < 4.78 is 15.8. The second-order valence-electron chi connectivity index (χ2n) is 7.37. The van der Waals surface area contributed by atoms with Gasteiger partial charge in [0, 0.05) is 30.0 Å². The van der Waals surface area contributed by atoms with Crippen molar-refractivity contribution < 1.29 is 26.2 Å². The molecule has 5 nitrogen and oxygen atoms in total. The Kier molecular flexibility index (Phi) is 8.86.